The van der Waals surface area contributed by atoms with Gasteiger partial charge in [-0.25, -0.2) is 4.57 Å². The van der Waals surface area contributed by atoms with Crippen LogP contribution in [0.2, 0.25) is 0 Å². The van der Waals surface area contributed by atoms with Gasteiger partial charge in [0, 0.05) is 12.8 Å². The highest BCUT2D eigenvalue weighted by atomic mass is 31.2. The molecule has 0 saturated carbocycles. The van der Waals surface area contributed by atoms with Crippen LogP contribution in [-0.2, 0) is 37.5 Å². The molecular weight excluding hydrogens is 613 g/mol. The van der Waals surface area contributed by atoms with Gasteiger partial charge in [-0.2, -0.15) is 0 Å². The lowest BCUT2D eigenvalue weighted by molar-refractivity contribution is -0.161. The first kappa shape index (κ1) is 43.4. The molecule has 0 fully saturated rings. The Kier molecular flexibility index (Phi) is 28.2. The van der Waals surface area contributed by atoms with Crippen LogP contribution >= 0.6 is 7.82 Å². The van der Waals surface area contributed by atoms with Gasteiger partial charge in [-0.3, -0.25) is 23.4 Å². The molecule has 3 atom stereocenters. The topological polar surface area (TPSA) is 172 Å². The Morgan fingerprint density at radius 2 is 1.22 bits per heavy atom. The SMILES string of the molecule is CC/C=C/C=C/C=C/C=C/CCCCCCCC(=O)OC[C@@H](COP(=O)(O)OC[C@@H](N)C(=O)O)OC(=O)CCCCCCCCC. The van der Waals surface area contributed by atoms with Crippen molar-refractivity contribution in [3.8, 4) is 0 Å². The van der Waals surface area contributed by atoms with Gasteiger partial charge in [0.2, 0.25) is 0 Å². The summed E-state index contributed by atoms with van der Waals surface area (Å²) in [6.07, 6.45) is 29.3. The molecule has 0 saturated heterocycles. The van der Waals surface area contributed by atoms with Crippen LogP contribution in [0.25, 0.3) is 0 Å². The van der Waals surface area contributed by atoms with E-state index in [2.05, 4.69) is 30.5 Å². The summed E-state index contributed by atoms with van der Waals surface area (Å²) < 4.78 is 32.3. The lowest BCUT2D eigenvalue weighted by Crippen LogP contribution is -2.34. The first-order chi connectivity index (χ1) is 22.1. The summed E-state index contributed by atoms with van der Waals surface area (Å²) in [5, 5.41) is 8.81. The number of phosphoric acid groups is 1. The zero-order valence-corrected chi connectivity index (χ0v) is 28.8. The summed E-state index contributed by atoms with van der Waals surface area (Å²) in [4.78, 5) is 45.4. The summed E-state index contributed by atoms with van der Waals surface area (Å²) >= 11 is 0. The number of ether oxygens (including phenoxy) is 2. The van der Waals surface area contributed by atoms with Crippen molar-refractivity contribution in [2.75, 3.05) is 19.8 Å². The number of nitrogens with two attached hydrogens (primary N) is 1. The highest BCUT2D eigenvalue weighted by Crippen LogP contribution is 2.43. The molecule has 0 aromatic carbocycles. The van der Waals surface area contributed by atoms with Crippen LogP contribution in [0.5, 0.6) is 0 Å². The summed E-state index contributed by atoms with van der Waals surface area (Å²) in [5.41, 5.74) is 5.29. The van der Waals surface area contributed by atoms with E-state index in [1.54, 1.807) is 0 Å². The van der Waals surface area contributed by atoms with Crippen LogP contribution in [0.1, 0.15) is 117 Å². The Morgan fingerprint density at radius 3 is 1.83 bits per heavy atom. The predicted octanol–water partition coefficient (Wildman–Crippen LogP) is 7.49. The van der Waals surface area contributed by atoms with Gasteiger partial charge in [0.1, 0.15) is 12.6 Å². The largest absolute Gasteiger partial charge is 0.480 e. The molecule has 46 heavy (non-hydrogen) atoms. The van der Waals surface area contributed by atoms with Crippen LogP contribution in [0.15, 0.2) is 48.6 Å². The Balaban J connectivity index is 4.49. The van der Waals surface area contributed by atoms with E-state index in [-0.39, 0.29) is 19.4 Å². The van der Waals surface area contributed by atoms with Crippen LogP contribution in [-0.4, -0.2) is 59.9 Å². The van der Waals surface area contributed by atoms with E-state index in [4.69, 9.17) is 24.8 Å². The van der Waals surface area contributed by atoms with Crippen molar-refractivity contribution in [3.05, 3.63) is 48.6 Å². The number of rotatable bonds is 30. The lowest BCUT2D eigenvalue weighted by Gasteiger charge is -2.20. The fourth-order valence-electron chi connectivity index (χ4n) is 4.01. The van der Waals surface area contributed by atoms with E-state index in [1.807, 2.05) is 36.5 Å². The molecular formula is C34H58NO10P. The average Bonchev–Trinajstić information content (AvgIpc) is 3.02. The highest BCUT2D eigenvalue weighted by Gasteiger charge is 2.28. The van der Waals surface area contributed by atoms with Gasteiger partial charge >= 0.3 is 25.7 Å². The predicted molar refractivity (Wildman–Crippen MR) is 180 cm³/mol. The second-order valence-electron chi connectivity index (χ2n) is 11.0. The molecule has 11 nitrogen and oxygen atoms in total. The average molecular weight is 672 g/mol. The summed E-state index contributed by atoms with van der Waals surface area (Å²) in [5.74, 6) is -2.43. The third-order valence-corrected chi connectivity index (χ3v) is 7.64. The molecule has 0 radical (unpaired) electrons. The fourth-order valence-corrected chi connectivity index (χ4v) is 4.79. The number of esters is 2. The second-order valence-corrected chi connectivity index (χ2v) is 12.5. The Bertz CT molecular complexity index is 979. The molecule has 0 spiro atoms. The van der Waals surface area contributed by atoms with Gasteiger partial charge in [-0.05, 0) is 32.1 Å². The van der Waals surface area contributed by atoms with Gasteiger partial charge in [-0.1, -0.05) is 120 Å². The van der Waals surface area contributed by atoms with Crippen molar-refractivity contribution in [1.82, 2.24) is 0 Å². The van der Waals surface area contributed by atoms with Crippen molar-refractivity contribution in [3.63, 3.8) is 0 Å². The Hall–Kier alpha value is -2.56. The summed E-state index contributed by atoms with van der Waals surface area (Å²) in [7, 11) is -4.70. The minimum Gasteiger partial charge on any atom is -0.480 e. The van der Waals surface area contributed by atoms with Crippen LogP contribution < -0.4 is 5.73 Å². The van der Waals surface area contributed by atoms with E-state index in [0.29, 0.717) is 12.8 Å². The molecule has 0 aromatic rings. The van der Waals surface area contributed by atoms with Gasteiger partial charge < -0.3 is 25.2 Å². The third-order valence-electron chi connectivity index (χ3n) is 6.69. The molecule has 0 amide bonds. The summed E-state index contributed by atoms with van der Waals surface area (Å²) in [6, 6.07) is -1.52. The lowest BCUT2D eigenvalue weighted by atomic mass is 10.1. The number of carboxylic acids is 1. The third kappa shape index (κ3) is 28.9. The fraction of sp³-hybridized carbons (Fsp3) is 0.676. The van der Waals surface area contributed by atoms with Gasteiger partial charge in [-0.15, -0.1) is 0 Å². The minimum atomic E-state index is -4.70. The molecule has 264 valence electrons. The molecule has 4 N–H and O–H groups in total. The molecule has 0 aromatic heterocycles. The number of carboxylic acid groups (broad SMARTS) is 1. The van der Waals surface area contributed by atoms with E-state index >= 15 is 0 Å². The van der Waals surface area contributed by atoms with Gasteiger partial charge in [0.05, 0.1) is 13.2 Å². The van der Waals surface area contributed by atoms with Crippen molar-refractivity contribution in [2.24, 2.45) is 5.73 Å². The first-order valence-corrected chi connectivity index (χ1v) is 18.2. The highest BCUT2D eigenvalue weighted by molar-refractivity contribution is 7.47. The van der Waals surface area contributed by atoms with Crippen molar-refractivity contribution in [1.29, 1.82) is 0 Å². The molecule has 0 aliphatic heterocycles. The van der Waals surface area contributed by atoms with E-state index in [9.17, 15) is 23.8 Å². The van der Waals surface area contributed by atoms with Crippen LogP contribution in [0.3, 0.4) is 0 Å². The number of allylic oxidation sites excluding steroid dienone is 8. The molecule has 1 unspecified atom stereocenters. The number of carbonyl (C=O) groups is 3. The smallest absolute Gasteiger partial charge is 0.472 e. The number of carbonyl (C=O) groups excluding carboxylic acids is 2. The van der Waals surface area contributed by atoms with E-state index in [1.165, 1.54) is 6.42 Å². The number of hydrogen-bond donors (Lipinski definition) is 3. The van der Waals surface area contributed by atoms with E-state index in [0.717, 1.165) is 70.6 Å². The molecule has 12 heteroatoms. The van der Waals surface area contributed by atoms with Crippen molar-refractivity contribution >= 4 is 25.7 Å². The standard InChI is InChI=1S/C34H58NO10P/c1-3-5-7-9-11-12-13-14-15-16-17-18-20-21-23-25-32(36)42-27-30(28-43-46(40,41)44-29-31(35)34(38)39)45-33(37)26-24-22-19-10-8-6-4-2/h5,7,9,11-15,30-31H,3-4,6,8,10,16-29,35H2,1-2H3,(H,38,39)(H,40,41)/b7-5+,11-9+,13-12+,15-14+/t30-,31+/m0/s1. The van der Waals surface area contributed by atoms with Gasteiger partial charge in [0.25, 0.3) is 0 Å². The Labute approximate surface area is 275 Å². The Morgan fingerprint density at radius 1 is 0.696 bits per heavy atom. The molecule has 0 bridgehead atoms. The zero-order valence-electron chi connectivity index (χ0n) is 27.9. The molecule has 0 rings (SSSR count). The molecule has 0 aliphatic rings. The second kappa shape index (κ2) is 29.8. The molecule has 0 aliphatic carbocycles. The van der Waals surface area contributed by atoms with Crippen molar-refractivity contribution in [2.45, 2.75) is 129 Å². The van der Waals surface area contributed by atoms with E-state index < -0.39 is 51.1 Å². The van der Waals surface area contributed by atoms with Crippen LogP contribution in [0.4, 0.5) is 0 Å². The maximum Gasteiger partial charge on any atom is 0.472 e. The maximum atomic E-state index is 12.4. The number of aliphatic carboxylic acids is 1. The maximum absolute atomic E-state index is 12.4. The van der Waals surface area contributed by atoms with Gasteiger partial charge in [0.15, 0.2) is 6.10 Å². The minimum absolute atomic E-state index is 0.153. The first-order valence-electron chi connectivity index (χ1n) is 16.7. The number of phosphoric ester groups is 1. The summed E-state index contributed by atoms with van der Waals surface area (Å²) in [6.45, 7) is 2.53. The zero-order chi connectivity index (χ0) is 34.3. The quantitative estimate of drug-likeness (QED) is 0.0299. The number of unbranched alkanes of at least 4 members (excludes halogenated alkanes) is 11. The number of hydrogen-bond acceptors (Lipinski definition) is 9. The molecule has 0 heterocycles. The van der Waals surface area contributed by atoms with Crippen LogP contribution in [0, 0.1) is 0 Å². The normalized spacial score (nSPS) is 14.7. The van der Waals surface area contributed by atoms with Crippen molar-refractivity contribution < 1.29 is 47.5 Å². The monoisotopic (exact) mass is 671 g/mol.